The number of ether oxygens (including phenoxy) is 1. The molecular formula is C10H19NO4S. The molecule has 0 aromatic rings. The van der Waals surface area contributed by atoms with E-state index in [1.54, 1.807) is 7.11 Å². The molecule has 0 fully saturated rings. The number of hydrogen-bond acceptors (Lipinski definition) is 4. The van der Waals surface area contributed by atoms with Gasteiger partial charge in [0.05, 0.1) is 12.4 Å². The van der Waals surface area contributed by atoms with Crippen molar-refractivity contribution in [3.8, 4) is 0 Å². The summed E-state index contributed by atoms with van der Waals surface area (Å²) in [7, 11) is 1.60. The summed E-state index contributed by atoms with van der Waals surface area (Å²) in [6, 6.07) is -0.763. The fourth-order valence-electron chi connectivity index (χ4n) is 1.09. The smallest absolute Gasteiger partial charge is 0.326 e. The Bertz CT molecular complexity index is 223. The molecule has 0 aliphatic rings. The van der Waals surface area contributed by atoms with E-state index in [9.17, 15) is 9.59 Å². The van der Waals surface area contributed by atoms with Crippen LogP contribution >= 0.6 is 11.8 Å². The van der Waals surface area contributed by atoms with Gasteiger partial charge in [0, 0.05) is 12.9 Å². The monoisotopic (exact) mass is 249 g/mol. The third-order valence-electron chi connectivity index (χ3n) is 1.88. The highest BCUT2D eigenvalue weighted by Gasteiger charge is 2.18. The van der Waals surface area contributed by atoms with Crippen molar-refractivity contribution in [2.75, 3.05) is 25.2 Å². The Balaban J connectivity index is 3.77. The Morgan fingerprint density at radius 1 is 1.50 bits per heavy atom. The number of aliphatic carboxylic acids is 1. The lowest BCUT2D eigenvalue weighted by molar-refractivity contribution is -0.141. The van der Waals surface area contributed by atoms with Crippen LogP contribution in [0.2, 0.25) is 0 Å². The van der Waals surface area contributed by atoms with E-state index in [1.165, 1.54) is 11.8 Å². The molecule has 6 heteroatoms. The molecule has 0 aromatic heterocycles. The maximum atomic E-state index is 11.4. The summed E-state index contributed by atoms with van der Waals surface area (Å²) in [4.78, 5) is 22.1. The minimum Gasteiger partial charge on any atom is -0.480 e. The van der Waals surface area contributed by atoms with Crippen LogP contribution in [-0.4, -0.2) is 48.2 Å². The van der Waals surface area contributed by atoms with Gasteiger partial charge in [-0.15, -0.1) is 11.8 Å². The minimum atomic E-state index is -0.975. The summed E-state index contributed by atoms with van der Waals surface area (Å²) in [5.74, 6) is -0.203. The van der Waals surface area contributed by atoms with E-state index in [0.29, 0.717) is 13.0 Å². The summed E-state index contributed by atoms with van der Waals surface area (Å²) in [6.07, 6.45) is 1.19. The molecule has 16 heavy (non-hydrogen) atoms. The zero-order valence-corrected chi connectivity index (χ0v) is 10.5. The molecule has 0 unspecified atom stereocenters. The number of carbonyl (C=O) groups is 2. The first-order chi connectivity index (χ1) is 7.61. The van der Waals surface area contributed by atoms with Crippen LogP contribution in [0.3, 0.4) is 0 Å². The number of carboxylic acid groups (broad SMARTS) is 1. The van der Waals surface area contributed by atoms with E-state index in [2.05, 4.69) is 5.32 Å². The van der Waals surface area contributed by atoms with Gasteiger partial charge in [-0.2, -0.15) is 0 Å². The third kappa shape index (κ3) is 7.53. The van der Waals surface area contributed by atoms with Crippen molar-refractivity contribution in [3.05, 3.63) is 0 Å². The van der Waals surface area contributed by atoms with Crippen LogP contribution in [0.4, 0.5) is 0 Å². The van der Waals surface area contributed by atoms with Crippen LogP contribution in [0.15, 0.2) is 0 Å². The average Bonchev–Trinajstić information content (AvgIpc) is 2.23. The maximum Gasteiger partial charge on any atom is 0.326 e. The summed E-state index contributed by atoms with van der Waals surface area (Å²) >= 11 is 1.43. The Morgan fingerprint density at radius 3 is 2.69 bits per heavy atom. The van der Waals surface area contributed by atoms with Gasteiger partial charge in [-0.1, -0.05) is 13.3 Å². The molecule has 0 saturated carbocycles. The van der Waals surface area contributed by atoms with Gasteiger partial charge in [-0.25, -0.2) is 4.79 Å². The van der Waals surface area contributed by atoms with Gasteiger partial charge >= 0.3 is 5.97 Å². The molecule has 0 rings (SSSR count). The Hall–Kier alpha value is -0.750. The minimum absolute atomic E-state index is 0.234. The zero-order chi connectivity index (χ0) is 12.4. The van der Waals surface area contributed by atoms with Crippen LogP contribution in [-0.2, 0) is 14.3 Å². The number of hydrogen-bond donors (Lipinski definition) is 2. The van der Waals surface area contributed by atoms with Crippen LogP contribution in [0.1, 0.15) is 19.8 Å². The van der Waals surface area contributed by atoms with Crippen LogP contribution in [0, 0.1) is 0 Å². The van der Waals surface area contributed by atoms with Crippen LogP contribution in [0.5, 0.6) is 0 Å². The first kappa shape index (κ1) is 15.2. The van der Waals surface area contributed by atoms with E-state index in [-0.39, 0.29) is 11.7 Å². The van der Waals surface area contributed by atoms with Gasteiger partial charge in [0.1, 0.15) is 6.04 Å². The van der Waals surface area contributed by atoms with Crippen molar-refractivity contribution in [2.45, 2.75) is 25.8 Å². The van der Waals surface area contributed by atoms with Crippen LogP contribution in [0.25, 0.3) is 0 Å². The fourth-order valence-corrected chi connectivity index (χ4v) is 1.79. The number of methoxy groups -OCH3 is 1. The summed E-state index contributed by atoms with van der Waals surface area (Å²) < 4.78 is 4.83. The molecular weight excluding hydrogens is 230 g/mol. The van der Waals surface area contributed by atoms with Crippen molar-refractivity contribution in [3.63, 3.8) is 0 Å². The van der Waals surface area contributed by atoms with Gasteiger partial charge in [0.25, 0.3) is 0 Å². The highest BCUT2D eigenvalue weighted by Crippen LogP contribution is 2.01. The SMILES string of the molecule is CCC[C@H](NC(=O)CSCCOC)C(=O)O. The zero-order valence-electron chi connectivity index (χ0n) is 9.69. The second-order valence-corrected chi connectivity index (χ2v) is 4.40. The van der Waals surface area contributed by atoms with E-state index >= 15 is 0 Å². The third-order valence-corrected chi connectivity index (χ3v) is 2.80. The highest BCUT2D eigenvalue weighted by atomic mass is 32.2. The Kier molecular flexibility index (Phi) is 9.03. The first-order valence-corrected chi connectivity index (χ1v) is 6.36. The first-order valence-electron chi connectivity index (χ1n) is 5.20. The molecule has 0 aliphatic heterocycles. The molecule has 0 saturated heterocycles. The lowest BCUT2D eigenvalue weighted by Gasteiger charge is -2.13. The maximum absolute atomic E-state index is 11.4. The molecule has 94 valence electrons. The van der Waals surface area contributed by atoms with Crippen molar-refractivity contribution >= 4 is 23.6 Å². The number of carbonyl (C=O) groups excluding carboxylic acids is 1. The van der Waals surface area contributed by atoms with Gasteiger partial charge in [-0.3, -0.25) is 4.79 Å². The Labute approximate surface area is 99.9 Å². The average molecular weight is 249 g/mol. The largest absolute Gasteiger partial charge is 0.480 e. The number of carboxylic acids is 1. The number of amides is 1. The quantitative estimate of drug-likeness (QED) is 0.589. The number of rotatable bonds is 9. The Morgan fingerprint density at radius 2 is 2.19 bits per heavy atom. The summed E-state index contributed by atoms with van der Waals surface area (Å²) in [6.45, 7) is 2.48. The lowest BCUT2D eigenvalue weighted by Crippen LogP contribution is -2.41. The van der Waals surface area contributed by atoms with E-state index in [1.807, 2.05) is 6.92 Å². The number of thioether (sulfide) groups is 1. The van der Waals surface area contributed by atoms with Gasteiger partial charge < -0.3 is 15.2 Å². The lowest BCUT2D eigenvalue weighted by atomic mass is 10.2. The van der Waals surface area contributed by atoms with E-state index in [4.69, 9.17) is 9.84 Å². The fraction of sp³-hybridized carbons (Fsp3) is 0.800. The molecule has 0 aromatic carbocycles. The highest BCUT2D eigenvalue weighted by molar-refractivity contribution is 7.99. The molecule has 2 N–H and O–H groups in total. The molecule has 1 amide bonds. The standard InChI is InChI=1S/C10H19NO4S/c1-3-4-8(10(13)14)11-9(12)7-16-6-5-15-2/h8H,3-7H2,1-2H3,(H,11,12)(H,13,14)/t8-/m0/s1. The molecule has 0 bridgehead atoms. The van der Waals surface area contributed by atoms with Crippen LogP contribution < -0.4 is 5.32 Å². The van der Waals surface area contributed by atoms with E-state index < -0.39 is 12.0 Å². The summed E-state index contributed by atoms with van der Waals surface area (Å²) in [5.41, 5.74) is 0. The van der Waals surface area contributed by atoms with Crippen molar-refractivity contribution in [2.24, 2.45) is 0 Å². The second kappa shape index (κ2) is 9.47. The number of nitrogens with one attached hydrogen (secondary N) is 1. The van der Waals surface area contributed by atoms with Gasteiger partial charge in [0.2, 0.25) is 5.91 Å². The molecule has 1 atom stereocenters. The second-order valence-electron chi connectivity index (χ2n) is 3.29. The van der Waals surface area contributed by atoms with Gasteiger partial charge in [0.15, 0.2) is 0 Å². The molecule has 0 heterocycles. The van der Waals surface area contributed by atoms with E-state index in [0.717, 1.165) is 12.2 Å². The topological polar surface area (TPSA) is 75.6 Å². The van der Waals surface area contributed by atoms with Crippen molar-refractivity contribution in [1.29, 1.82) is 0 Å². The van der Waals surface area contributed by atoms with Crippen molar-refractivity contribution < 1.29 is 19.4 Å². The molecule has 0 aliphatic carbocycles. The molecule has 0 radical (unpaired) electrons. The normalized spacial score (nSPS) is 12.1. The van der Waals surface area contributed by atoms with Gasteiger partial charge in [-0.05, 0) is 6.42 Å². The predicted octanol–water partition coefficient (Wildman–Crippen LogP) is 0.735. The predicted molar refractivity (Wildman–Crippen MR) is 63.7 cm³/mol. The molecule has 5 nitrogen and oxygen atoms in total. The molecule has 0 spiro atoms. The van der Waals surface area contributed by atoms with Crippen molar-refractivity contribution in [1.82, 2.24) is 5.32 Å². The summed E-state index contributed by atoms with van der Waals surface area (Å²) in [5, 5.41) is 11.3.